The zero-order valence-electron chi connectivity index (χ0n) is 10.1. The number of halogens is 2. The van der Waals surface area contributed by atoms with Crippen molar-refractivity contribution in [3.05, 3.63) is 34.1 Å². The van der Waals surface area contributed by atoms with Gasteiger partial charge in [0.25, 0.3) is 0 Å². The van der Waals surface area contributed by atoms with Gasteiger partial charge in [0.15, 0.2) is 0 Å². The minimum Gasteiger partial charge on any atom is -0.338 e. The zero-order chi connectivity index (χ0) is 13.3. The summed E-state index contributed by atoms with van der Waals surface area (Å²) >= 11 is 11.9. The third kappa shape index (κ3) is 2.66. The quantitative estimate of drug-likeness (QED) is 0.940. The number of nitrogens with zero attached hydrogens (tertiary/aromatic N) is 2. The van der Waals surface area contributed by atoms with E-state index in [0.29, 0.717) is 28.3 Å². The molecule has 1 aromatic heterocycles. The van der Waals surface area contributed by atoms with Crippen LogP contribution < -0.4 is 5.73 Å². The first kappa shape index (κ1) is 13.3. The predicted molar refractivity (Wildman–Crippen MR) is 71.8 cm³/mol. The fourth-order valence-corrected chi connectivity index (χ4v) is 1.91. The molecule has 2 N–H and O–H groups in total. The van der Waals surface area contributed by atoms with Crippen LogP contribution >= 0.6 is 23.2 Å². The average Bonchev–Trinajstić information content (AvgIpc) is 2.77. The molecule has 1 heterocycles. The van der Waals surface area contributed by atoms with Crippen LogP contribution in [0.1, 0.15) is 19.7 Å². The summed E-state index contributed by atoms with van der Waals surface area (Å²) in [5.74, 6) is 0.951. The number of hydrogen-bond acceptors (Lipinski definition) is 4. The largest absolute Gasteiger partial charge is 0.338 e. The molecule has 0 bridgehead atoms. The average molecular weight is 286 g/mol. The van der Waals surface area contributed by atoms with Crippen LogP contribution in [0.4, 0.5) is 0 Å². The molecule has 0 aliphatic carbocycles. The molecule has 0 amide bonds. The van der Waals surface area contributed by atoms with Gasteiger partial charge in [0, 0.05) is 22.2 Å². The van der Waals surface area contributed by atoms with Gasteiger partial charge < -0.3 is 10.3 Å². The summed E-state index contributed by atoms with van der Waals surface area (Å²) in [6.07, 6.45) is 0. The van der Waals surface area contributed by atoms with E-state index in [1.807, 2.05) is 13.8 Å². The molecule has 2 rings (SSSR count). The molecule has 0 unspecified atom stereocenters. The van der Waals surface area contributed by atoms with E-state index in [4.69, 9.17) is 33.5 Å². The molecule has 0 atom stereocenters. The summed E-state index contributed by atoms with van der Waals surface area (Å²) in [6.45, 7) is 4.30. The standard InChI is InChI=1S/C12H13Cl2N3O/c1-12(2,6-15)11-16-10(17-18-11)7-3-8(13)5-9(14)4-7/h3-5H,6,15H2,1-2H3. The van der Waals surface area contributed by atoms with Crippen LogP contribution in [-0.4, -0.2) is 16.7 Å². The van der Waals surface area contributed by atoms with E-state index in [1.165, 1.54) is 0 Å². The Bertz CT molecular complexity index is 546. The van der Waals surface area contributed by atoms with Crippen LogP contribution in [0, 0.1) is 0 Å². The van der Waals surface area contributed by atoms with E-state index in [0.717, 1.165) is 5.56 Å². The summed E-state index contributed by atoms with van der Waals surface area (Å²) < 4.78 is 5.23. The van der Waals surface area contributed by atoms with Gasteiger partial charge >= 0.3 is 0 Å². The molecule has 0 fully saturated rings. The van der Waals surface area contributed by atoms with E-state index in [1.54, 1.807) is 18.2 Å². The second-order valence-corrected chi connectivity index (χ2v) is 5.54. The van der Waals surface area contributed by atoms with Crippen LogP contribution in [0.2, 0.25) is 10.0 Å². The van der Waals surface area contributed by atoms with E-state index < -0.39 is 0 Å². The van der Waals surface area contributed by atoms with Crippen LogP contribution in [0.3, 0.4) is 0 Å². The lowest BCUT2D eigenvalue weighted by atomic mass is 9.94. The molecule has 6 heteroatoms. The van der Waals surface area contributed by atoms with Gasteiger partial charge in [-0.3, -0.25) is 0 Å². The molecule has 18 heavy (non-hydrogen) atoms. The van der Waals surface area contributed by atoms with Crippen molar-refractivity contribution < 1.29 is 4.52 Å². The van der Waals surface area contributed by atoms with Crippen molar-refractivity contribution in [1.29, 1.82) is 0 Å². The van der Waals surface area contributed by atoms with Crippen molar-refractivity contribution in [1.82, 2.24) is 10.1 Å². The number of nitrogens with two attached hydrogens (primary N) is 1. The molecule has 0 saturated carbocycles. The monoisotopic (exact) mass is 285 g/mol. The molecule has 0 radical (unpaired) electrons. The molecule has 2 aromatic rings. The van der Waals surface area contributed by atoms with Crippen LogP contribution in [-0.2, 0) is 5.41 Å². The molecular formula is C12H13Cl2N3O. The van der Waals surface area contributed by atoms with Crippen molar-refractivity contribution >= 4 is 23.2 Å². The fourth-order valence-electron chi connectivity index (χ4n) is 1.39. The Morgan fingerprint density at radius 1 is 1.22 bits per heavy atom. The van der Waals surface area contributed by atoms with Gasteiger partial charge in [0.1, 0.15) is 0 Å². The first-order valence-electron chi connectivity index (χ1n) is 5.43. The van der Waals surface area contributed by atoms with Crippen molar-refractivity contribution in [3.63, 3.8) is 0 Å². The number of hydrogen-bond donors (Lipinski definition) is 1. The second-order valence-electron chi connectivity index (χ2n) is 4.67. The molecular weight excluding hydrogens is 273 g/mol. The lowest BCUT2D eigenvalue weighted by Crippen LogP contribution is -2.28. The maximum absolute atomic E-state index is 5.93. The lowest BCUT2D eigenvalue weighted by Gasteiger charge is -2.15. The third-order valence-electron chi connectivity index (χ3n) is 2.64. The summed E-state index contributed by atoms with van der Waals surface area (Å²) in [6, 6.07) is 5.12. The Morgan fingerprint density at radius 3 is 2.39 bits per heavy atom. The van der Waals surface area contributed by atoms with E-state index in [9.17, 15) is 0 Å². The second kappa shape index (κ2) is 4.88. The number of aromatic nitrogens is 2. The van der Waals surface area contributed by atoms with E-state index >= 15 is 0 Å². The first-order valence-corrected chi connectivity index (χ1v) is 6.19. The fraction of sp³-hybridized carbons (Fsp3) is 0.333. The Kier molecular flexibility index (Phi) is 3.61. The summed E-state index contributed by atoms with van der Waals surface area (Å²) in [5, 5.41) is 4.98. The van der Waals surface area contributed by atoms with E-state index in [-0.39, 0.29) is 5.41 Å². The Hall–Kier alpha value is -1.10. The highest BCUT2D eigenvalue weighted by molar-refractivity contribution is 6.35. The Labute approximate surface area is 115 Å². The highest BCUT2D eigenvalue weighted by Crippen LogP contribution is 2.27. The number of rotatable bonds is 3. The maximum atomic E-state index is 5.93. The highest BCUT2D eigenvalue weighted by atomic mass is 35.5. The minimum absolute atomic E-state index is 0.354. The van der Waals surface area contributed by atoms with Crippen LogP contribution in [0.25, 0.3) is 11.4 Å². The zero-order valence-corrected chi connectivity index (χ0v) is 11.6. The molecule has 0 spiro atoms. The number of benzene rings is 1. The normalized spacial score (nSPS) is 11.8. The van der Waals surface area contributed by atoms with Gasteiger partial charge in [-0.15, -0.1) is 0 Å². The van der Waals surface area contributed by atoms with Gasteiger partial charge in [-0.05, 0) is 32.0 Å². The molecule has 0 aliphatic heterocycles. The van der Waals surface area contributed by atoms with Crippen molar-refractivity contribution in [3.8, 4) is 11.4 Å². The van der Waals surface area contributed by atoms with Gasteiger partial charge in [0.2, 0.25) is 11.7 Å². The molecule has 4 nitrogen and oxygen atoms in total. The SMILES string of the molecule is CC(C)(CN)c1nc(-c2cc(Cl)cc(Cl)c2)no1. The Balaban J connectivity index is 2.41. The van der Waals surface area contributed by atoms with Crippen molar-refractivity contribution in [2.45, 2.75) is 19.3 Å². The van der Waals surface area contributed by atoms with E-state index in [2.05, 4.69) is 10.1 Å². The van der Waals surface area contributed by atoms with Crippen molar-refractivity contribution in [2.24, 2.45) is 5.73 Å². The molecule has 96 valence electrons. The van der Waals surface area contributed by atoms with Gasteiger partial charge in [-0.25, -0.2) is 0 Å². The highest BCUT2D eigenvalue weighted by Gasteiger charge is 2.26. The lowest BCUT2D eigenvalue weighted by molar-refractivity contribution is 0.311. The Morgan fingerprint density at radius 2 is 1.83 bits per heavy atom. The van der Waals surface area contributed by atoms with Crippen LogP contribution in [0.15, 0.2) is 22.7 Å². The van der Waals surface area contributed by atoms with Gasteiger partial charge in [-0.2, -0.15) is 4.98 Å². The summed E-state index contributed by atoms with van der Waals surface area (Å²) in [5.41, 5.74) is 6.03. The molecule has 0 saturated heterocycles. The molecule has 1 aromatic carbocycles. The minimum atomic E-state index is -0.354. The predicted octanol–water partition coefficient (Wildman–Crippen LogP) is 3.28. The summed E-state index contributed by atoms with van der Waals surface area (Å²) in [4.78, 5) is 4.33. The topological polar surface area (TPSA) is 64.9 Å². The van der Waals surface area contributed by atoms with Crippen molar-refractivity contribution in [2.75, 3.05) is 6.54 Å². The molecule has 0 aliphatic rings. The first-order chi connectivity index (χ1) is 8.42. The smallest absolute Gasteiger partial charge is 0.233 e. The van der Waals surface area contributed by atoms with Gasteiger partial charge in [0.05, 0.1) is 5.41 Å². The maximum Gasteiger partial charge on any atom is 0.233 e. The third-order valence-corrected chi connectivity index (χ3v) is 3.07. The van der Waals surface area contributed by atoms with Crippen LogP contribution in [0.5, 0.6) is 0 Å². The van der Waals surface area contributed by atoms with Gasteiger partial charge in [-0.1, -0.05) is 28.4 Å². The summed E-state index contributed by atoms with van der Waals surface area (Å²) in [7, 11) is 0.